The van der Waals surface area contributed by atoms with Gasteiger partial charge in [0.1, 0.15) is 5.75 Å². The predicted molar refractivity (Wildman–Crippen MR) is 148 cm³/mol. The Bertz CT molecular complexity index is 1260. The number of methoxy groups -OCH3 is 1. The second-order valence-electron chi connectivity index (χ2n) is 11.0. The third-order valence-electron chi connectivity index (χ3n) is 8.46. The normalized spacial score (nSPS) is 18.8. The summed E-state index contributed by atoms with van der Waals surface area (Å²) in [6.07, 6.45) is 5.77. The van der Waals surface area contributed by atoms with Gasteiger partial charge in [0.05, 0.1) is 7.11 Å². The van der Waals surface area contributed by atoms with Crippen molar-refractivity contribution in [2.75, 3.05) is 39.8 Å². The third kappa shape index (κ3) is 5.15. The average molecular weight is 485 g/mol. The van der Waals surface area contributed by atoms with Crippen LogP contribution in [0.2, 0.25) is 0 Å². The molecule has 0 spiro atoms. The van der Waals surface area contributed by atoms with Crippen molar-refractivity contribution in [1.82, 2.24) is 9.80 Å². The maximum atomic E-state index is 13.3. The summed E-state index contributed by atoms with van der Waals surface area (Å²) in [6.45, 7) is 11.5. The van der Waals surface area contributed by atoms with E-state index >= 15 is 0 Å². The van der Waals surface area contributed by atoms with Gasteiger partial charge in [0.15, 0.2) is 0 Å². The Kier molecular flexibility index (Phi) is 7.34. The number of hydrogen-bond acceptors (Lipinski definition) is 3. The highest BCUT2D eigenvalue weighted by Crippen LogP contribution is 2.29. The summed E-state index contributed by atoms with van der Waals surface area (Å²) >= 11 is 0. The molecule has 1 fully saturated rings. The van der Waals surface area contributed by atoms with Crippen LogP contribution in [-0.4, -0.2) is 55.5 Å². The highest BCUT2D eigenvalue weighted by molar-refractivity contribution is 5.97. The lowest BCUT2D eigenvalue weighted by molar-refractivity contribution is 0.0696. The van der Waals surface area contributed by atoms with Crippen molar-refractivity contribution in [2.45, 2.75) is 52.9 Å². The first kappa shape index (κ1) is 24.8. The number of ether oxygens (including phenoxy) is 1. The van der Waals surface area contributed by atoms with Crippen molar-refractivity contribution in [2.24, 2.45) is 5.92 Å². The number of rotatable bonds is 6. The lowest BCUT2D eigenvalue weighted by atomic mass is 9.93. The van der Waals surface area contributed by atoms with Crippen LogP contribution in [0, 0.1) is 26.7 Å². The van der Waals surface area contributed by atoms with E-state index in [1.54, 1.807) is 7.11 Å². The monoisotopic (exact) mass is 484 g/mol. The number of nitrogens with zero attached hydrogens (tertiary/aromatic N) is 2. The van der Waals surface area contributed by atoms with Crippen LogP contribution >= 0.6 is 0 Å². The van der Waals surface area contributed by atoms with E-state index in [2.05, 4.69) is 73.0 Å². The van der Waals surface area contributed by atoms with Crippen molar-refractivity contribution in [3.63, 3.8) is 0 Å². The fourth-order valence-electron chi connectivity index (χ4n) is 6.14. The molecule has 0 bridgehead atoms. The van der Waals surface area contributed by atoms with E-state index in [0.29, 0.717) is 5.92 Å². The summed E-state index contributed by atoms with van der Waals surface area (Å²) in [6, 6.07) is 15.4. The molecule has 0 aromatic heterocycles. The number of hydrogen-bond donors (Lipinski definition) is 0. The van der Waals surface area contributed by atoms with Crippen molar-refractivity contribution >= 4 is 16.7 Å². The lowest BCUT2D eigenvalue weighted by Gasteiger charge is -2.33. The molecule has 2 aliphatic rings. The Labute approximate surface area is 216 Å². The highest BCUT2D eigenvalue weighted by Gasteiger charge is 2.28. The quantitative estimate of drug-likeness (QED) is 0.423. The number of carbonyl (C=O) groups excluding carboxylic acids is 1. The second-order valence-corrected chi connectivity index (χ2v) is 11.0. The molecule has 5 rings (SSSR count). The molecule has 1 atom stereocenters. The molecule has 0 radical (unpaired) electrons. The van der Waals surface area contributed by atoms with Gasteiger partial charge in [-0.15, -0.1) is 0 Å². The average Bonchev–Trinajstić information content (AvgIpc) is 3.11. The van der Waals surface area contributed by atoms with Crippen LogP contribution in [0.1, 0.15) is 57.4 Å². The van der Waals surface area contributed by atoms with Crippen molar-refractivity contribution < 1.29 is 9.53 Å². The summed E-state index contributed by atoms with van der Waals surface area (Å²) in [5.74, 6) is 1.74. The molecule has 3 aromatic carbocycles. The number of amides is 1. The molecule has 4 heteroatoms. The van der Waals surface area contributed by atoms with Crippen molar-refractivity contribution in [3.8, 4) is 5.75 Å². The van der Waals surface area contributed by atoms with E-state index < -0.39 is 0 Å². The van der Waals surface area contributed by atoms with Gasteiger partial charge >= 0.3 is 0 Å². The summed E-state index contributed by atoms with van der Waals surface area (Å²) in [7, 11) is 1.73. The molecule has 0 aliphatic carbocycles. The predicted octanol–water partition coefficient (Wildman–Crippen LogP) is 6.12. The van der Waals surface area contributed by atoms with Gasteiger partial charge in [-0.1, -0.05) is 36.8 Å². The molecule has 1 amide bonds. The molecule has 1 unspecified atom stereocenters. The van der Waals surface area contributed by atoms with Crippen LogP contribution < -0.4 is 4.74 Å². The van der Waals surface area contributed by atoms with Crippen LogP contribution in [0.5, 0.6) is 5.75 Å². The molecule has 1 saturated heterocycles. The van der Waals surface area contributed by atoms with Gasteiger partial charge < -0.3 is 14.5 Å². The first-order valence-electron chi connectivity index (χ1n) is 13.6. The Morgan fingerprint density at radius 1 is 0.972 bits per heavy atom. The molecule has 3 aromatic rings. The molecule has 4 nitrogen and oxygen atoms in total. The zero-order chi connectivity index (χ0) is 25.2. The van der Waals surface area contributed by atoms with Crippen LogP contribution in [0.15, 0.2) is 42.5 Å². The minimum absolute atomic E-state index is 0.234. The van der Waals surface area contributed by atoms with Gasteiger partial charge in [0, 0.05) is 31.7 Å². The molecule has 36 heavy (non-hydrogen) atoms. The van der Waals surface area contributed by atoms with Crippen molar-refractivity contribution in [3.05, 3.63) is 75.8 Å². The van der Waals surface area contributed by atoms with Crippen molar-refractivity contribution in [1.29, 1.82) is 0 Å². The maximum Gasteiger partial charge on any atom is 0.254 e. The van der Waals surface area contributed by atoms with Gasteiger partial charge in [-0.2, -0.15) is 0 Å². The Hall–Kier alpha value is -2.85. The van der Waals surface area contributed by atoms with Gasteiger partial charge in [0.25, 0.3) is 5.91 Å². The van der Waals surface area contributed by atoms with Gasteiger partial charge in [-0.05, 0) is 110 Å². The minimum Gasteiger partial charge on any atom is -0.496 e. The van der Waals surface area contributed by atoms with Crippen LogP contribution in [0.3, 0.4) is 0 Å². The van der Waals surface area contributed by atoms with Crippen LogP contribution in [0.4, 0.5) is 0 Å². The first-order chi connectivity index (χ1) is 17.4. The third-order valence-corrected chi connectivity index (χ3v) is 8.46. The Morgan fingerprint density at radius 3 is 2.64 bits per heavy atom. The fourth-order valence-corrected chi connectivity index (χ4v) is 6.14. The number of fused-ring (bicyclic) bond motifs is 2. The molecule has 2 aliphatic heterocycles. The number of likely N-dealkylation sites (tertiary alicyclic amines) is 1. The Balaban J connectivity index is 1.21. The lowest BCUT2D eigenvalue weighted by Crippen LogP contribution is -2.43. The molecular formula is C32H40N2O2. The number of carbonyl (C=O) groups is 1. The number of aryl methyl sites for hydroxylation is 3. The second kappa shape index (κ2) is 10.6. The highest BCUT2D eigenvalue weighted by atomic mass is 16.5. The summed E-state index contributed by atoms with van der Waals surface area (Å²) < 4.78 is 5.49. The largest absolute Gasteiger partial charge is 0.496 e. The SMILES string of the molecule is COc1ccc2cc(CCN3CCCCC(CN4CCc5cc(C)c(C)cc5C4=O)C3)ccc2c1C. The molecular weight excluding hydrogens is 444 g/mol. The molecule has 0 saturated carbocycles. The zero-order valence-electron chi connectivity index (χ0n) is 22.4. The fraction of sp³-hybridized carbons (Fsp3) is 0.469. The standard InChI is InChI=1S/C32H40N2O2/c1-22-17-28-13-16-34(32(35)30(28)18-23(22)2)21-26-7-5-6-14-33(20-26)15-12-25-8-10-29-24(3)31(36-4)11-9-27(29)19-25/h8-11,17-19,26H,5-7,12-16,20-21H2,1-4H3. The van der Waals surface area contributed by atoms with E-state index in [9.17, 15) is 4.79 Å². The van der Waals surface area contributed by atoms with E-state index in [4.69, 9.17) is 4.74 Å². The van der Waals surface area contributed by atoms with Gasteiger partial charge in [-0.3, -0.25) is 4.79 Å². The molecule has 0 N–H and O–H groups in total. The number of benzene rings is 3. The molecule has 190 valence electrons. The van der Waals surface area contributed by atoms with Crippen LogP contribution in [0.25, 0.3) is 10.8 Å². The summed E-state index contributed by atoms with van der Waals surface area (Å²) in [5.41, 5.74) is 7.26. The van der Waals surface area contributed by atoms with Gasteiger partial charge in [0.2, 0.25) is 0 Å². The van der Waals surface area contributed by atoms with E-state index in [0.717, 1.165) is 56.9 Å². The van der Waals surface area contributed by atoms with E-state index in [-0.39, 0.29) is 5.91 Å². The van der Waals surface area contributed by atoms with E-state index in [1.807, 2.05) is 0 Å². The summed E-state index contributed by atoms with van der Waals surface area (Å²) in [4.78, 5) is 18.1. The Morgan fingerprint density at radius 2 is 1.81 bits per heavy atom. The van der Waals surface area contributed by atoms with E-state index in [1.165, 1.54) is 57.9 Å². The molecule has 2 heterocycles. The minimum atomic E-state index is 0.234. The van der Waals surface area contributed by atoms with Crippen LogP contribution in [-0.2, 0) is 12.8 Å². The zero-order valence-corrected chi connectivity index (χ0v) is 22.4. The first-order valence-corrected chi connectivity index (χ1v) is 13.6. The topological polar surface area (TPSA) is 32.8 Å². The maximum absolute atomic E-state index is 13.3. The summed E-state index contributed by atoms with van der Waals surface area (Å²) in [5, 5.41) is 2.56. The smallest absolute Gasteiger partial charge is 0.254 e. The van der Waals surface area contributed by atoms with Gasteiger partial charge in [-0.25, -0.2) is 0 Å².